The van der Waals surface area contributed by atoms with E-state index in [1.54, 1.807) is 31.4 Å². The van der Waals surface area contributed by atoms with E-state index in [0.717, 1.165) is 0 Å². The van der Waals surface area contributed by atoms with Gasteiger partial charge in [0.1, 0.15) is 0 Å². The van der Waals surface area contributed by atoms with E-state index in [9.17, 15) is 13.2 Å². The number of ketones is 1. The molecule has 5 nitrogen and oxygen atoms in total. The molecule has 0 unspecified atom stereocenters. The quantitative estimate of drug-likeness (QED) is 0.767. The molecule has 0 N–H and O–H groups in total. The number of Topliss-reactive ketones (excluding diaryl/α,β-unsaturated/α-hetero) is 1. The highest BCUT2D eigenvalue weighted by molar-refractivity contribution is 7.92. The molecule has 0 bridgehead atoms. The first-order valence-electron chi connectivity index (χ1n) is 6.18. The Labute approximate surface area is 113 Å². The SMILES string of the molecule is COCCCS(=O)(=O)N1CCC(=O)c2ccccc21. The van der Waals surface area contributed by atoms with Crippen LogP contribution in [0.3, 0.4) is 0 Å². The normalized spacial score (nSPS) is 15.4. The van der Waals surface area contributed by atoms with Crippen molar-refractivity contribution in [3.63, 3.8) is 0 Å². The molecule has 0 atom stereocenters. The second-order valence-corrected chi connectivity index (χ2v) is 6.44. The largest absolute Gasteiger partial charge is 0.385 e. The Morgan fingerprint density at radius 2 is 2.05 bits per heavy atom. The fraction of sp³-hybridized carbons (Fsp3) is 0.462. The molecule has 1 aromatic carbocycles. The summed E-state index contributed by atoms with van der Waals surface area (Å²) in [4.78, 5) is 11.8. The van der Waals surface area contributed by atoms with Gasteiger partial charge in [0.2, 0.25) is 10.0 Å². The third-order valence-electron chi connectivity index (χ3n) is 3.10. The number of rotatable bonds is 5. The second kappa shape index (κ2) is 5.71. The molecular weight excluding hydrogens is 266 g/mol. The van der Waals surface area contributed by atoms with Crippen LogP contribution in [-0.2, 0) is 14.8 Å². The summed E-state index contributed by atoms with van der Waals surface area (Å²) in [6.45, 7) is 0.638. The van der Waals surface area contributed by atoms with Crippen LogP contribution >= 0.6 is 0 Å². The van der Waals surface area contributed by atoms with Gasteiger partial charge in [0.15, 0.2) is 5.78 Å². The Kier molecular flexibility index (Phi) is 4.21. The van der Waals surface area contributed by atoms with Crippen LogP contribution < -0.4 is 4.31 Å². The van der Waals surface area contributed by atoms with Crippen molar-refractivity contribution in [3.05, 3.63) is 29.8 Å². The fourth-order valence-electron chi connectivity index (χ4n) is 2.17. The minimum atomic E-state index is -3.39. The van der Waals surface area contributed by atoms with Crippen molar-refractivity contribution in [1.29, 1.82) is 0 Å². The van der Waals surface area contributed by atoms with Crippen molar-refractivity contribution in [3.8, 4) is 0 Å². The molecule has 6 heteroatoms. The number of fused-ring (bicyclic) bond motifs is 1. The van der Waals surface area contributed by atoms with Crippen LogP contribution in [0.5, 0.6) is 0 Å². The summed E-state index contributed by atoms with van der Waals surface area (Å²) >= 11 is 0. The minimum Gasteiger partial charge on any atom is -0.385 e. The molecule has 1 aliphatic heterocycles. The lowest BCUT2D eigenvalue weighted by molar-refractivity contribution is 0.0982. The van der Waals surface area contributed by atoms with Gasteiger partial charge in [0.05, 0.1) is 11.4 Å². The van der Waals surface area contributed by atoms with Crippen LogP contribution in [0.15, 0.2) is 24.3 Å². The third kappa shape index (κ3) is 2.96. The van der Waals surface area contributed by atoms with Gasteiger partial charge in [-0.1, -0.05) is 12.1 Å². The Balaban J connectivity index is 2.27. The van der Waals surface area contributed by atoms with Crippen LogP contribution in [0.1, 0.15) is 23.2 Å². The average molecular weight is 283 g/mol. The van der Waals surface area contributed by atoms with Crippen LogP contribution in [0.4, 0.5) is 5.69 Å². The number of ether oxygens (including phenoxy) is 1. The topological polar surface area (TPSA) is 63.7 Å². The van der Waals surface area contributed by atoms with Crippen LogP contribution in [-0.4, -0.2) is 40.2 Å². The third-order valence-corrected chi connectivity index (χ3v) is 4.96. The zero-order chi connectivity index (χ0) is 13.9. The van der Waals surface area contributed by atoms with Gasteiger partial charge in [-0.3, -0.25) is 9.10 Å². The molecule has 0 aromatic heterocycles. The van der Waals surface area contributed by atoms with E-state index in [0.29, 0.717) is 24.3 Å². The highest BCUT2D eigenvalue weighted by Gasteiger charge is 2.30. The van der Waals surface area contributed by atoms with Crippen LogP contribution in [0.2, 0.25) is 0 Å². The smallest absolute Gasteiger partial charge is 0.235 e. The van der Waals surface area contributed by atoms with Gasteiger partial charge >= 0.3 is 0 Å². The molecule has 0 aliphatic carbocycles. The first-order chi connectivity index (χ1) is 9.06. The van der Waals surface area contributed by atoms with Crippen molar-refractivity contribution in [1.82, 2.24) is 0 Å². The number of methoxy groups -OCH3 is 1. The maximum absolute atomic E-state index is 12.3. The molecule has 1 heterocycles. The highest BCUT2D eigenvalue weighted by Crippen LogP contribution is 2.29. The number of carbonyl (C=O) groups excluding carboxylic acids is 1. The Hall–Kier alpha value is -1.40. The van der Waals surface area contributed by atoms with Gasteiger partial charge in [-0.2, -0.15) is 0 Å². The number of carbonyl (C=O) groups is 1. The molecule has 0 amide bonds. The van der Waals surface area contributed by atoms with Gasteiger partial charge in [-0.05, 0) is 18.6 Å². The zero-order valence-corrected chi connectivity index (χ0v) is 11.6. The van der Waals surface area contributed by atoms with E-state index in [-0.39, 0.29) is 24.5 Å². The Morgan fingerprint density at radius 1 is 1.32 bits per heavy atom. The standard InChI is InChI=1S/C13H17NO4S/c1-18-9-4-10-19(16,17)14-8-7-13(15)11-5-2-3-6-12(11)14/h2-3,5-6H,4,7-10H2,1H3. The summed E-state index contributed by atoms with van der Waals surface area (Å²) in [5, 5.41) is 0. The average Bonchev–Trinajstić information content (AvgIpc) is 2.39. The first-order valence-corrected chi connectivity index (χ1v) is 7.79. The lowest BCUT2D eigenvalue weighted by Gasteiger charge is -2.29. The molecule has 2 rings (SSSR count). The van der Waals surface area contributed by atoms with Gasteiger partial charge in [0, 0.05) is 32.2 Å². The maximum atomic E-state index is 12.3. The summed E-state index contributed by atoms with van der Waals surface area (Å²) in [5.74, 6) is 0.0301. The zero-order valence-electron chi connectivity index (χ0n) is 10.8. The van der Waals surface area contributed by atoms with Crippen molar-refractivity contribution >= 4 is 21.5 Å². The van der Waals surface area contributed by atoms with E-state index < -0.39 is 10.0 Å². The number of benzene rings is 1. The van der Waals surface area contributed by atoms with Gasteiger partial charge in [-0.25, -0.2) is 8.42 Å². The Morgan fingerprint density at radius 3 is 2.79 bits per heavy atom. The summed E-state index contributed by atoms with van der Waals surface area (Å²) in [5.41, 5.74) is 0.986. The fourth-order valence-corrected chi connectivity index (χ4v) is 3.70. The molecule has 0 spiro atoms. The van der Waals surface area contributed by atoms with Gasteiger partial charge in [0.25, 0.3) is 0 Å². The Bertz CT molecular complexity index is 568. The van der Waals surface area contributed by atoms with Crippen molar-refractivity contribution in [2.45, 2.75) is 12.8 Å². The van der Waals surface area contributed by atoms with Crippen LogP contribution in [0, 0.1) is 0 Å². The number of sulfonamides is 1. The van der Waals surface area contributed by atoms with E-state index in [4.69, 9.17) is 4.74 Å². The number of hydrogen-bond acceptors (Lipinski definition) is 4. The van der Waals surface area contributed by atoms with Crippen molar-refractivity contribution < 1.29 is 17.9 Å². The van der Waals surface area contributed by atoms with E-state index in [1.807, 2.05) is 0 Å². The first kappa shape index (κ1) is 14.0. The molecule has 0 fully saturated rings. The van der Waals surface area contributed by atoms with Crippen LogP contribution in [0.25, 0.3) is 0 Å². The molecule has 1 aliphatic rings. The molecule has 19 heavy (non-hydrogen) atoms. The summed E-state index contributed by atoms with van der Waals surface area (Å²) < 4.78 is 30.8. The number of para-hydroxylation sites is 1. The number of nitrogens with zero attached hydrogens (tertiary/aromatic N) is 1. The highest BCUT2D eigenvalue weighted by atomic mass is 32.2. The molecule has 0 radical (unpaired) electrons. The molecule has 104 valence electrons. The predicted octanol–water partition coefficient (Wildman–Crippen LogP) is 1.45. The van der Waals surface area contributed by atoms with E-state index >= 15 is 0 Å². The lowest BCUT2D eigenvalue weighted by atomic mass is 10.0. The van der Waals surface area contributed by atoms with E-state index in [2.05, 4.69) is 0 Å². The monoisotopic (exact) mass is 283 g/mol. The van der Waals surface area contributed by atoms with Crippen molar-refractivity contribution in [2.75, 3.05) is 30.3 Å². The van der Waals surface area contributed by atoms with Crippen molar-refractivity contribution in [2.24, 2.45) is 0 Å². The minimum absolute atomic E-state index is 0.000980. The molecule has 0 saturated carbocycles. The molecule has 1 aromatic rings. The van der Waals surface area contributed by atoms with Gasteiger partial charge < -0.3 is 4.74 Å². The molecular formula is C13H17NO4S. The summed E-state index contributed by atoms with van der Waals surface area (Å²) in [6.07, 6.45) is 0.686. The second-order valence-electron chi connectivity index (χ2n) is 4.42. The van der Waals surface area contributed by atoms with E-state index in [1.165, 1.54) is 4.31 Å². The number of anilines is 1. The molecule has 0 saturated heterocycles. The maximum Gasteiger partial charge on any atom is 0.235 e. The predicted molar refractivity (Wildman–Crippen MR) is 73.0 cm³/mol. The number of hydrogen-bond donors (Lipinski definition) is 0. The lowest BCUT2D eigenvalue weighted by Crippen LogP contribution is -2.39. The summed E-state index contributed by atoms with van der Waals surface area (Å²) in [6, 6.07) is 6.85. The summed E-state index contributed by atoms with van der Waals surface area (Å²) in [7, 11) is -1.85. The van der Waals surface area contributed by atoms with Gasteiger partial charge in [-0.15, -0.1) is 0 Å².